The first-order valence-corrected chi connectivity index (χ1v) is 12.7. The van der Waals surface area contributed by atoms with E-state index in [-0.39, 0.29) is 23.5 Å². The van der Waals surface area contributed by atoms with Gasteiger partial charge in [-0.1, -0.05) is 58.0 Å². The number of carbonyl (C=O) groups is 3. The smallest absolute Gasteiger partial charge is 0.422 e. The van der Waals surface area contributed by atoms with Crippen molar-refractivity contribution in [2.45, 2.75) is 65.4 Å². The van der Waals surface area contributed by atoms with Crippen LogP contribution in [0.15, 0.2) is 35.7 Å². The van der Waals surface area contributed by atoms with Crippen LogP contribution in [-0.4, -0.2) is 41.8 Å². The predicted molar refractivity (Wildman–Crippen MR) is 132 cm³/mol. The number of nitrogens with one attached hydrogen (secondary N) is 2. The number of hydrogen-bond acceptors (Lipinski definition) is 7. The summed E-state index contributed by atoms with van der Waals surface area (Å²) in [5.41, 5.74) is 1.12. The first-order valence-electron chi connectivity index (χ1n) is 11.8. The summed E-state index contributed by atoms with van der Waals surface area (Å²) in [6, 6.07) is 7.57. The van der Waals surface area contributed by atoms with Gasteiger partial charge in [0, 0.05) is 5.38 Å². The van der Waals surface area contributed by atoms with Crippen molar-refractivity contribution < 1.29 is 37.0 Å². The maximum absolute atomic E-state index is 13.2. The van der Waals surface area contributed by atoms with Crippen molar-refractivity contribution in [3.05, 3.63) is 52.0 Å². The van der Waals surface area contributed by atoms with E-state index in [4.69, 9.17) is 4.74 Å². The van der Waals surface area contributed by atoms with E-state index in [2.05, 4.69) is 20.4 Å². The number of carbonyl (C=O) groups excluding carboxylic acids is 3. The molecule has 0 aliphatic rings. The molecule has 2 atom stereocenters. The fraction of sp³-hybridized carbons (Fsp3) is 0.520. The van der Waals surface area contributed by atoms with Gasteiger partial charge in [0.1, 0.15) is 12.6 Å². The Morgan fingerprint density at radius 1 is 0.973 bits per heavy atom. The Morgan fingerprint density at radius 3 is 2.22 bits per heavy atom. The zero-order valence-corrected chi connectivity index (χ0v) is 21.9. The number of esters is 1. The van der Waals surface area contributed by atoms with E-state index >= 15 is 0 Å². The summed E-state index contributed by atoms with van der Waals surface area (Å²) in [7, 11) is 0. The van der Waals surface area contributed by atoms with Gasteiger partial charge in [0.2, 0.25) is 10.9 Å². The third kappa shape index (κ3) is 11.2. The van der Waals surface area contributed by atoms with Gasteiger partial charge in [-0.3, -0.25) is 4.79 Å². The minimum Gasteiger partial charge on any atom is -0.451 e. The Hall–Kier alpha value is -3.15. The average molecular weight is 544 g/mol. The van der Waals surface area contributed by atoms with Crippen LogP contribution in [0.5, 0.6) is 0 Å². The summed E-state index contributed by atoms with van der Waals surface area (Å²) in [4.78, 5) is 41.7. The zero-order chi connectivity index (χ0) is 27.6. The van der Waals surface area contributed by atoms with Crippen molar-refractivity contribution in [1.29, 1.82) is 0 Å². The summed E-state index contributed by atoms with van der Waals surface area (Å²) >= 11 is 0.831. The van der Waals surface area contributed by atoms with Crippen LogP contribution in [0.25, 0.3) is 0 Å². The van der Waals surface area contributed by atoms with Crippen LogP contribution in [0.4, 0.5) is 18.0 Å². The van der Waals surface area contributed by atoms with Crippen molar-refractivity contribution in [3.8, 4) is 0 Å². The van der Waals surface area contributed by atoms with Crippen molar-refractivity contribution in [1.82, 2.24) is 15.6 Å². The minimum absolute atomic E-state index is 0.0463. The van der Waals surface area contributed by atoms with E-state index in [1.165, 1.54) is 5.38 Å². The lowest BCUT2D eigenvalue weighted by molar-refractivity contribution is -0.161. The molecule has 8 nitrogen and oxygen atoms in total. The van der Waals surface area contributed by atoms with Gasteiger partial charge in [-0.05, 0) is 30.2 Å². The van der Waals surface area contributed by atoms with E-state index in [1.807, 2.05) is 58.0 Å². The fourth-order valence-corrected chi connectivity index (χ4v) is 4.12. The van der Waals surface area contributed by atoms with Crippen LogP contribution in [0.3, 0.4) is 0 Å². The molecule has 2 amide bonds. The topological polar surface area (TPSA) is 107 Å². The average Bonchev–Trinajstić information content (AvgIpc) is 3.30. The number of ether oxygens (including phenoxy) is 2. The normalized spacial score (nSPS) is 13.2. The number of alkyl carbamates (subject to hydrolysis) is 1. The summed E-state index contributed by atoms with van der Waals surface area (Å²) in [5.74, 6) is -1.48. The number of thiazole rings is 1. The predicted octanol–water partition coefficient (Wildman–Crippen LogP) is 5.41. The summed E-state index contributed by atoms with van der Waals surface area (Å²) in [6.07, 6.45) is -4.61. The molecule has 0 saturated heterocycles. The second-order valence-electron chi connectivity index (χ2n) is 9.35. The number of benzene rings is 1. The van der Waals surface area contributed by atoms with Crippen LogP contribution in [0, 0.1) is 11.8 Å². The molecule has 1 aromatic heterocycles. The standard InChI is InChI=1S/C25H32F3N3O5S/c1-15(2)10-18(20-13-37-22(30-20)23(33)36-14-25(26,27)28)29-21(32)19(11-16(3)4)31-24(34)35-12-17-8-6-5-7-9-17/h5-9,13,15-16,18-19H,10-12,14H2,1-4H3,(H,29,32)(H,31,34)/t18-,19-/m0/s1. The summed E-state index contributed by atoms with van der Waals surface area (Å²) in [6.45, 7) is 5.99. The minimum atomic E-state index is -4.65. The first kappa shape index (κ1) is 30.1. The number of alkyl halides is 3. The quantitative estimate of drug-likeness (QED) is 0.347. The van der Waals surface area contributed by atoms with Gasteiger partial charge < -0.3 is 20.1 Å². The SMILES string of the molecule is CC(C)C[C@H](NC(=O)OCc1ccccc1)C(=O)N[C@@H](CC(C)C)c1csc(C(=O)OCC(F)(F)F)n1. The lowest BCUT2D eigenvalue weighted by atomic mass is 9.99. The molecule has 37 heavy (non-hydrogen) atoms. The highest BCUT2D eigenvalue weighted by molar-refractivity contribution is 7.11. The molecule has 0 radical (unpaired) electrons. The number of aromatic nitrogens is 1. The van der Waals surface area contributed by atoms with Crippen LogP contribution in [0.1, 0.15) is 67.6 Å². The highest BCUT2D eigenvalue weighted by atomic mass is 32.1. The van der Waals surface area contributed by atoms with E-state index in [1.54, 1.807) is 0 Å². The van der Waals surface area contributed by atoms with Gasteiger partial charge in [-0.25, -0.2) is 14.6 Å². The number of nitrogens with zero attached hydrogens (tertiary/aromatic N) is 1. The Bertz CT molecular complexity index is 1030. The second-order valence-corrected chi connectivity index (χ2v) is 10.2. The van der Waals surface area contributed by atoms with Gasteiger partial charge in [0.15, 0.2) is 6.61 Å². The molecule has 2 N–H and O–H groups in total. The van der Waals surface area contributed by atoms with Gasteiger partial charge >= 0.3 is 18.2 Å². The zero-order valence-electron chi connectivity index (χ0n) is 21.1. The largest absolute Gasteiger partial charge is 0.451 e. The molecule has 0 aliphatic heterocycles. The Morgan fingerprint density at radius 2 is 1.62 bits per heavy atom. The molecule has 204 valence electrons. The number of amides is 2. The molecule has 12 heteroatoms. The molecule has 0 aliphatic carbocycles. The van der Waals surface area contributed by atoms with Gasteiger partial charge in [0.25, 0.3) is 0 Å². The molecule has 0 bridgehead atoms. The van der Waals surface area contributed by atoms with Crippen LogP contribution >= 0.6 is 11.3 Å². The third-order valence-electron chi connectivity index (χ3n) is 4.97. The molecule has 1 heterocycles. The molecular formula is C25H32F3N3O5S. The van der Waals surface area contributed by atoms with Crippen molar-refractivity contribution in [2.75, 3.05) is 6.61 Å². The second kappa shape index (κ2) is 14.0. The molecule has 0 spiro atoms. The van der Waals surface area contributed by atoms with E-state index < -0.39 is 42.8 Å². The lowest BCUT2D eigenvalue weighted by Crippen LogP contribution is -2.48. The summed E-state index contributed by atoms with van der Waals surface area (Å²) < 4.78 is 46.6. The van der Waals surface area contributed by atoms with Crippen molar-refractivity contribution in [2.24, 2.45) is 11.8 Å². The Balaban J connectivity index is 2.08. The molecule has 0 fully saturated rings. The van der Waals surface area contributed by atoms with Crippen molar-refractivity contribution >= 4 is 29.3 Å². The van der Waals surface area contributed by atoms with E-state index in [0.717, 1.165) is 16.9 Å². The van der Waals surface area contributed by atoms with E-state index in [9.17, 15) is 27.6 Å². The maximum Gasteiger partial charge on any atom is 0.422 e. The Kier molecular flexibility index (Phi) is 11.4. The molecule has 2 rings (SSSR count). The molecule has 1 aromatic carbocycles. The van der Waals surface area contributed by atoms with Crippen LogP contribution in [0.2, 0.25) is 0 Å². The van der Waals surface area contributed by atoms with Gasteiger partial charge in [-0.2, -0.15) is 13.2 Å². The number of rotatable bonds is 12. The first-order chi connectivity index (χ1) is 17.3. The molecular weight excluding hydrogens is 511 g/mol. The summed E-state index contributed by atoms with van der Waals surface area (Å²) in [5, 5.41) is 6.72. The fourth-order valence-electron chi connectivity index (χ4n) is 3.36. The highest BCUT2D eigenvalue weighted by Crippen LogP contribution is 2.25. The Labute approximate surface area is 217 Å². The molecule has 0 saturated carbocycles. The monoisotopic (exact) mass is 543 g/mol. The highest BCUT2D eigenvalue weighted by Gasteiger charge is 2.31. The maximum atomic E-state index is 13.2. The van der Waals surface area contributed by atoms with Crippen LogP contribution < -0.4 is 10.6 Å². The van der Waals surface area contributed by atoms with Gasteiger partial charge in [-0.15, -0.1) is 11.3 Å². The van der Waals surface area contributed by atoms with E-state index in [0.29, 0.717) is 18.5 Å². The number of halogens is 3. The van der Waals surface area contributed by atoms with Crippen LogP contribution in [-0.2, 0) is 20.9 Å². The lowest BCUT2D eigenvalue weighted by Gasteiger charge is -2.24. The number of hydrogen-bond donors (Lipinski definition) is 2. The molecule has 2 aromatic rings. The molecule has 0 unspecified atom stereocenters. The van der Waals surface area contributed by atoms with Crippen molar-refractivity contribution in [3.63, 3.8) is 0 Å². The third-order valence-corrected chi connectivity index (χ3v) is 5.81. The van der Waals surface area contributed by atoms with Gasteiger partial charge in [0.05, 0.1) is 11.7 Å².